The van der Waals surface area contributed by atoms with Gasteiger partial charge in [0.25, 0.3) is 0 Å². The smallest absolute Gasteiger partial charge is 0.177 e. The van der Waals surface area contributed by atoms with Gasteiger partial charge in [-0.3, -0.25) is 15.5 Å². The standard InChI is InChI=1S/C10H14N2O2/c1-7(2)9(4-5-11)6-10(12-14)8(3)13/h6,9,12,14H,1,4H2,2-3H3/t9-/m0/s1. The molecule has 4 heteroatoms. The maximum Gasteiger partial charge on any atom is 0.177 e. The lowest BCUT2D eigenvalue weighted by Gasteiger charge is -2.10. The van der Waals surface area contributed by atoms with E-state index < -0.39 is 0 Å². The predicted molar refractivity (Wildman–Crippen MR) is 52.2 cm³/mol. The van der Waals surface area contributed by atoms with Crippen molar-refractivity contribution in [3.05, 3.63) is 23.9 Å². The zero-order valence-electron chi connectivity index (χ0n) is 8.37. The lowest BCUT2D eigenvalue weighted by atomic mass is 9.97. The minimum absolute atomic E-state index is 0.0910. The SMILES string of the molecule is C=C(C)[C@H](C=C(NO)C(C)=O)CC#N. The Morgan fingerprint density at radius 2 is 2.29 bits per heavy atom. The minimum Gasteiger partial charge on any atom is -0.293 e. The Balaban J connectivity index is 4.77. The molecule has 0 spiro atoms. The number of carbonyl (C=O) groups excluding carboxylic acids is 1. The molecule has 0 radical (unpaired) electrons. The van der Waals surface area contributed by atoms with Crippen molar-refractivity contribution >= 4 is 5.78 Å². The number of carbonyl (C=O) groups is 1. The number of Topliss-reactive ketones (excluding diaryl/α,β-unsaturated/α-hetero) is 1. The molecule has 0 aliphatic carbocycles. The summed E-state index contributed by atoms with van der Waals surface area (Å²) in [5.41, 5.74) is 2.68. The Kier molecular flexibility index (Phi) is 5.27. The molecule has 0 amide bonds. The molecule has 0 rings (SSSR count). The highest BCUT2D eigenvalue weighted by Crippen LogP contribution is 2.15. The van der Waals surface area contributed by atoms with Crippen LogP contribution in [0, 0.1) is 17.2 Å². The number of allylic oxidation sites excluding steroid dienone is 3. The van der Waals surface area contributed by atoms with Gasteiger partial charge in [0.2, 0.25) is 0 Å². The van der Waals surface area contributed by atoms with E-state index in [9.17, 15) is 4.79 Å². The Bertz CT molecular complexity index is 300. The van der Waals surface area contributed by atoms with Gasteiger partial charge in [-0.15, -0.1) is 0 Å². The van der Waals surface area contributed by atoms with Crippen LogP contribution in [-0.4, -0.2) is 11.0 Å². The van der Waals surface area contributed by atoms with Gasteiger partial charge in [0.1, 0.15) is 0 Å². The van der Waals surface area contributed by atoms with E-state index in [2.05, 4.69) is 6.58 Å². The van der Waals surface area contributed by atoms with Crippen molar-refractivity contribution in [2.45, 2.75) is 20.3 Å². The average Bonchev–Trinajstić information content (AvgIpc) is 2.11. The van der Waals surface area contributed by atoms with Gasteiger partial charge in [-0.25, -0.2) is 0 Å². The fourth-order valence-corrected chi connectivity index (χ4v) is 0.908. The number of rotatable bonds is 5. The third kappa shape index (κ3) is 3.87. The van der Waals surface area contributed by atoms with Gasteiger partial charge in [-0.05, 0) is 13.0 Å². The summed E-state index contributed by atoms with van der Waals surface area (Å²) >= 11 is 0. The van der Waals surface area contributed by atoms with E-state index in [1.165, 1.54) is 13.0 Å². The molecule has 0 aromatic rings. The van der Waals surface area contributed by atoms with E-state index in [0.717, 1.165) is 5.57 Å². The Hall–Kier alpha value is -1.60. The fourth-order valence-electron chi connectivity index (χ4n) is 0.908. The number of ketones is 1. The molecule has 0 saturated heterocycles. The van der Waals surface area contributed by atoms with Crippen molar-refractivity contribution in [3.63, 3.8) is 0 Å². The maximum atomic E-state index is 10.9. The second-order valence-corrected chi connectivity index (χ2v) is 3.06. The molecule has 0 aliphatic rings. The van der Waals surface area contributed by atoms with Crippen molar-refractivity contribution in [3.8, 4) is 6.07 Å². The van der Waals surface area contributed by atoms with Crippen LogP contribution in [0.2, 0.25) is 0 Å². The van der Waals surface area contributed by atoms with Gasteiger partial charge in [0.05, 0.1) is 11.8 Å². The highest BCUT2D eigenvalue weighted by molar-refractivity contribution is 5.92. The molecule has 14 heavy (non-hydrogen) atoms. The van der Waals surface area contributed by atoms with Crippen LogP contribution in [0.3, 0.4) is 0 Å². The quantitative estimate of drug-likeness (QED) is 0.395. The summed E-state index contributed by atoms with van der Waals surface area (Å²) in [4.78, 5) is 10.9. The number of nitrogens with one attached hydrogen (secondary N) is 1. The molecule has 0 aromatic heterocycles. The Labute approximate surface area is 83.5 Å². The lowest BCUT2D eigenvalue weighted by Crippen LogP contribution is -2.16. The van der Waals surface area contributed by atoms with E-state index in [1.807, 2.05) is 6.07 Å². The summed E-state index contributed by atoms with van der Waals surface area (Å²) in [6.07, 6.45) is 1.75. The zero-order valence-corrected chi connectivity index (χ0v) is 8.37. The lowest BCUT2D eigenvalue weighted by molar-refractivity contribution is -0.114. The van der Waals surface area contributed by atoms with Crippen molar-refractivity contribution < 1.29 is 10.0 Å². The van der Waals surface area contributed by atoms with Gasteiger partial charge in [0, 0.05) is 19.3 Å². The van der Waals surface area contributed by atoms with Crippen molar-refractivity contribution in [1.29, 1.82) is 5.26 Å². The highest BCUT2D eigenvalue weighted by Gasteiger charge is 2.10. The summed E-state index contributed by atoms with van der Waals surface area (Å²) in [6.45, 7) is 6.81. The second-order valence-electron chi connectivity index (χ2n) is 3.06. The molecule has 0 heterocycles. The molecule has 1 atom stereocenters. The highest BCUT2D eigenvalue weighted by atomic mass is 16.5. The van der Waals surface area contributed by atoms with Gasteiger partial charge in [-0.1, -0.05) is 12.2 Å². The van der Waals surface area contributed by atoms with E-state index in [4.69, 9.17) is 10.5 Å². The normalized spacial score (nSPS) is 12.9. The minimum atomic E-state index is -0.281. The van der Waals surface area contributed by atoms with E-state index in [-0.39, 0.29) is 23.8 Å². The van der Waals surface area contributed by atoms with Crippen molar-refractivity contribution in [1.82, 2.24) is 5.48 Å². The predicted octanol–water partition coefficient (Wildman–Crippen LogP) is 1.54. The van der Waals surface area contributed by atoms with Crippen LogP contribution < -0.4 is 5.48 Å². The van der Waals surface area contributed by atoms with E-state index in [0.29, 0.717) is 0 Å². The number of nitriles is 1. The first kappa shape index (κ1) is 12.4. The molecule has 0 bridgehead atoms. The van der Waals surface area contributed by atoms with Crippen LogP contribution in [0.5, 0.6) is 0 Å². The first-order chi connectivity index (χ1) is 6.52. The summed E-state index contributed by atoms with van der Waals surface area (Å²) in [5.74, 6) is -0.491. The average molecular weight is 194 g/mol. The molecule has 0 unspecified atom stereocenters. The van der Waals surface area contributed by atoms with Gasteiger partial charge in [-0.2, -0.15) is 5.26 Å². The Morgan fingerprint density at radius 1 is 1.71 bits per heavy atom. The second kappa shape index (κ2) is 5.95. The van der Waals surface area contributed by atoms with Crippen LogP contribution in [0.15, 0.2) is 23.9 Å². The van der Waals surface area contributed by atoms with Crippen LogP contribution in [0.1, 0.15) is 20.3 Å². The summed E-state index contributed by atoms with van der Waals surface area (Å²) in [5, 5.41) is 17.2. The van der Waals surface area contributed by atoms with Gasteiger partial charge < -0.3 is 0 Å². The first-order valence-corrected chi connectivity index (χ1v) is 4.18. The molecule has 0 saturated carbocycles. The monoisotopic (exact) mass is 194 g/mol. The first-order valence-electron chi connectivity index (χ1n) is 4.18. The molecular formula is C10H14N2O2. The third-order valence-electron chi connectivity index (χ3n) is 1.81. The summed E-state index contributed by atoms with van der Waals surface area (Å²) in [6, 6.07) is 1.99. The van der Waals surface area contributed by atoms with Crippen LogP contribution in [-0.2, 0) is 4.79 Å². The maximum absolute atomic E-state index is 10.9. The largest absolute Gasteiger partial charge is 0.293 e. The van der Waals surface area contributed by atoms with Gasteiger partial charge in [0.15, 0.2) is 5.78 Å². The molecule has 0 fully saturated rings. The molecular weight excluding hydrogens is 180 g/mol. The molecule has 76 valence electrons. The topological polar surface area (TPSA) is 73.1 Å². The molecule has 0 aliphatic heterocycles. The molecule has 2 N–H and O–H groups in total. The van der Waals surface area contributed by atoms with Crippen LogP contribution in [0.25, 0.3) is 0 Å². The van der Waals surface area contributed by atoms with Crippen molar-refractivity contribution in [2.24, 2.45) is 5.92 Å². The summed E-state index contributed by atoms with van der Waals surface area (Å²) in [7, 11) is 0. The van der Waals surface area contributed by atoms with E-state index in [1.54, 1.807) is 12.4 Å². The van der Waals surface area contributed by atoms with E-state index >= 15 is 0 Å². The van der Waals surface area contributed by atoms with Crippen LogP contribution in [0.4, 0.5) is 0 Å². The molecule has 4 nitrogen and oxygen atoms in total. The zero-order chi connectivity index (χ0) is 11.1. The van der Waals surface area contributed by atoms with Crippen LogP contribution >= 0.6 is 0 Å². The molecule has 0 aromatic carbocycles. The number of hydrogen-bond acceptors (Lipinski definition) is 4. The number of hydroxylamine groups is 1. The number of nitrogens with zero attached hydrogens (tertiary/aromatic N) is 1. The summed E-state index contributed by atoms with van der Waals surface area (Å²) < 4.78 is 0. The fraction of sp³-hybridized carbons (Fsp3) is 0.400. The van der Waals surface area contributed by atoms with Crippen molar-refractivity contribution in [2.75, 3.05) is 0 Å². The van der Waals surface area contributed by atoms with Gasteiger partial charge >= 0.3 is 0 Å². The number of hydrogen-bond donors (Lipinski definition) is 2. The third-order valence-corrected chi connectivity index (χ3v) is 1.81. The Morgan fingerprint density at radius 3 is 2.57 bits per heavy atom.